The van der Waals surface area contributed by atoms with E-state index in [1.54, 1.807) is 0 Å². The van der Waals surface area contributed by atoms with Crippen LogP contribution >= 0.6 is 11.6 Å². The fourth-order valence-electron chi connectivity index (χ4n) is 2.56. The highest BCUT2D eigenvalue weighted by Crippen LogP contribution is 2.32. The number of halogens is 1. The first-order valence-corrected chi connectivity index (χ1v) is 7.39. The molecule has 0 saturated carbocycles. The second kappa shape index (κ2) is 6.40. The van der Waals surface area contributed by atoms with E-state index in [9.17, 15) is 0 Å². The zero-order chi connectivity index (χ0) is 13.8. The van der Waals surface area contributed by atoms with E-state index in [0.29, 0.717) is 12.0 Å². The van der Waals surface area contributed by atoms with Crippen molar-refractivity contribution in [1.29, 1.82) is 0 Å². The molecule has 0 fully saturated rings. The molecule has 2 aromatic carbocycles. The van der Waals surface area contributed by atoms with E-state index in [-0.39, 0.29) is 0 Å². The normalized spacial score (nSPS) is 14.5. The molecule has 2 atom stereocenters. The SMILES string of the molecule is CCC(C)CC(NC)c1ccc(Cl)c2ccccc12. The van der Waals surface area contributed by atoms with Gasteiger partial charge in [0.2, 0.25) is 0 Å². The minimum Gasteiger partial charge on any atom is -0.313 e. The summed E-state index contributed by atoms with van der Waals surface area (Å²) in [5.41, 5.74) is 1.35. The Morgan fingerprint density at radius 1 is 1.11 bits per heavy atom. The summed E-state index contributed by atoms with van der Waals surface area (Å²) in [5.74, 6) is 0.715. The summed E-state index contributed by atoms with van der Waals surface area (Å²) in [5, 5.41) is 6.69. The van der Waals surface area contributed by atoms with Gasteiger partial charge in [-0.25, -0.2) is 0 Å². The summed E-state index contributed by atoms with van der Waals surface area (Å²) in [7, 11) is 2.04. The zero-order valence-electron chi connectivity index (χ0n) is 11.9. The van der Waals surface area contributed by atoms with Crippen LogP contribution in [0.25, 0.3) is 10.8 Å². The fourth-order valence-corrected chi connectivity index (χ4v) is 2.79. The minimum atomic E-state index is 0.386. The highest BCUT2D eigenvalue weighted by Gasteiger charge is 2.15. The molecule has 2 unspecified atom stereocenters. The highest BCUT2D eigenvalue weighted by molar-refractivity contribution is 6.35. The van der Waals surface area contributed by atoms with E-state index in [2.05, 4.69) is 43.4 Å². The smallest absolute Gasteiger partial charge is 0.0484 e. The van der Waals surface area contributed by atoms with Gasteiger partial charge in [0.25, 0.3) is 0 Å². The van der Waals surface area contributed by atoms with Crippen molar-refractivity contribution in [3.05, 3.63) is 47.0 Å². The third kappa shape index (κ3) is 3.10. The molecule has 0 bridgehead atoms. The Bertz CT molecular complexity index is 550. The molecule has 2 heteroatoms. The van der Waals surface area contributed by atoms with Crippen LogP contribution in [-0.2, 0) is 0 Å². The summed E-state index contributed by atoms with van der Waals surface area (Å²) < 4.78 is 0. The van der Waals surface area contributed by atoms with Gasteiger partial charge >= 0.3 is 0 Å². The van der Waals surface area contributed by atoms with Crippen molar-refractivity contribution in [3.8, 4) is 0 Å². The first-order valence-electron chi connectivity index (χ1n) is 7.01. The van der Waals surface area contributed by atoms with Crippen LogP contribution in [0.15, 0.2) is 36.4 Å². The van der Waals surface area contributed by atoms with E-state index in [1.807, 2.05) is 19.2 Å². The molecule has 0 aliphatic heterocycles. The van der Waals surface area contributed by atoms with Gasteiger partial charge in [-0.1, -0.05) is 62.2 Å². The number of fused-ring (bicyclic) bond motifs is 1. The Balaban J connectivity index is 2.46. The third-order valence-corrected chi connectivity index (χ3v) is 4.29. The predicted molar refractivity (Wildman–Crippen MR) is 84.8 cm³/mol. The largest absolute Gasteiger partial charge is 0.313 e. The molecule has 0 aliphatic carbocycles. The molecule has 1 N–H and O–H groups in total. The molecule has 0 saturated heterocycles. The summed E-state index contributed by atoms with van der Waals surface area (Å²) >= 11 is 6.29. The van der Waals surface area contributed by atoms with Crippen LogP contribution in [0.5, 0.6) is 0 Å². The lowest BCUT2D eigenvalue weighted by Crippen LogP contribution is -2.19. The molecule has 1 nitrogen and oxygen atoms in total. The molecule has 19 heavy (non-hydrogen) atoms. The number of nitrogens with one attached hydrogen (secondary N) is 1. The Morgan fingerprint density at radius 2 is 1.79 bits per heavy atom. The van der Waals surface area contributed by atoms with Crippen LogP contribution in [0.4, 0.5) is 0 Å². The van der Waals surface area contributed by atoms with Crippen LogP contribution in [0.2, 0.25) is 5.02 Å². The van der Waals surface area contributed by atoms with E-state index < -0.39 is 0 Å². The Kier molecular flexibility index (Phi) is 4.84. The molecule has 0 aromatic heterocycles. The zero-order valence-corrected chi connectivity index (χ0v) is 12.7. The molecule has 102 valence electrons. The van der Waals surface area contributed by atoms with Gasteiger partial charge in [0.15, 0.2) is 0 Å². The minimum absolute atomic E-state index is 0.386. The number of rotatable bonds is 5. The van der Waals surface area contributed by atoms with Crippen LogP contribution in [-0.4, -0.2) is 7.05 Å². The first-order chi connectivity index (χ1) is 9.17. The lowest BCUT2D eigenvalue weighted by molar-refractivity contribution is 0.423. The lowest BCUT2D eigenvalue weighted by atomic mass is 9.91. The summed E-state index contributed by atoms with van der Waals surface area (Å²) in [4.78, 5) is 0. The number of benzene rings is 2. The molecular formula is C17H22ClN. The van der Waals surface area contributed by atoms with Crippen molar-refractivity contribution >= 4 is 22.4 Å². The van der Waals surface area contributed by atoms with Crippen molar-refractivity contribution < 1.29 is 0 Å². The van der Waals surface area contributed by atoms with Gasteiger partial charge in [-0.2, -0.15) is 0 Å². The van der Waals surface area contributed by atoms with Crippen LogP contribution in [0, 0.1) is 5.92 Å². The highest BCUT2D eigenvalue weighted by atomic mass is 35.5. The maximum Gasteiger partial charge on any atom is 0.0484 e. The molecular weight excluding hydrogens is 254 g/mol. The van der Waals surface area contributed by atoms with Crippen molar-refractivity contribution in [2.24, 2.45) is 5.92 Å². The van der Waals surface area contributed by atoms with Crippen molar-refractivity contribution in [2.75, 3.05) is 7.05 Å². The van der Waals surface area contributed by atoms with Crippen molar-refractivity contribution in [3.63, 3.8) is 0 Å². The van der Waals surface area contributed by atoms with Gasteiger partial charge in [0, 0.05) is 16.5 Å². The molecule has 0 amide bonds. The second-order valence-corrected chi connectivity index (χ2v) is 5.68. The summed E-state index contributed by atoms with van der Waals surface area (Å²) in [6.45, 7) is 4.56. The van der Waals surface area contributed by atoms with Gasteiger partial charge < -0.3 is 5.32 Å². The monoisotopic (exact) mass is 275 g/mol. The van der Waals surface area contributed by atoms with E-state index >= 15 is 0 Å². The summed E-state index contributed by atoms with van der Waals surface area (Å²) in [6, 6.07) is 12.9. The van der Waals surface area contributed by atoms with E-state index in [0.717, 1.165) is 16.8 Å². The Morgan fingerprint density at radius 3 is 2.42 bits per heavy atom. The van der Waals surface area contributed by atoms with E-state index in [1.165, 1.54) is 17.4 Å². The topological polar surface area (TPSA) is 12.0 Å². The van der Waals surface area contributed by atoms with Gasteiger partial charge in [0.05, 0.1) is 0 Å². The maximum atomic E-state index is 6.29. The lowest BCUT2D eigenvalue weighted by Gasteiger charge is -2.22. The quantitative estimate of drug-likeness (QED) is 0.792. The van der Waals surface area contributed by atoms with Crippen LogP contribution in [0.1, 0.15) is 38.3 Å². The van der Waals surface area contributed by atoms with E-state index in [4.69, 9.17) is 11.6 Å². The molecule has 2 aromatic rings. The standard InChI is InChI=1S/C17H22ClN/c1-4-12(2)11-17(19-3)15-9-10-16(18)14-8-6-5-7-13(14)15/h5-10,12,17,19H,4,11H2,1-3H3. The molecule has 0 radical (unpaired) electrons. The van der Waals surface area contributed by atoms with Crippen molar-refractivity contribution in [1.82, 2.24) is 5.32 Å². The number of hydrogen-bond donors (Lipinski definition) is 1. The third-order valence-electron chi connectivity index (χ3n) is 3.96. The molecule has 0 aliphatic rings. The van der Waals surface area contributed by atoms with Crippen molar-refractivity contribution in [2.45, 2.75) is 32.7 Å². The average molecular weight is 276 g/mol. The first kappa shape index (κ1) is 14.4. The molecule has 0 spiro atoms. The second-order valence-electron chi connectivity index (χ2n) is 5.27. The summed E-state index contributed by atoms with van der Waals surface area (Å²) in [6.07, 6.45) is 2.36. The van der Waals surface area contributed by atoms with Gasteiger partial charge in [-0.05, 0) is 36.4 Å². The Labute approximate surface area is 121 Å². The van der Waals surface area contributed by atoms with Crippen LogP contribution < -0.4 is 5.32 Å². The number of hydrogen-bond acceptors (Lipinski definition) is 1. The van der Waals surface area contributed by atoms with Gasteiger partial charge in [0.1, 0.15) is 0 Å². The fraction of sp³-hybridized carbons (Fsp3) is 0.412. The van der Waals surface area contributed by atoms with Gasteiger partial charge in [-0.3, -0.25) is 0 Å². The van der Waals surface area contributed by atoms with Crippen LogP contribution in [0.3, 0.4) is 0 Å². The Hall–Kier alpha value is -1.05. The average Bonchev–Trinajstić information content (AvgIpc) is 2.45. The van der Waals surface area contributed by atoms with Gasteiger partial charge in [-0.15, -0.1) is 0 Å². The molecule has 2 rings (SSSR count). The maximum absolute atomic E-state index is 6.29. The molecule has 0 heterocycles. The predicted octanol–water partition coefficient (Wildman–Crippen LogP) is 5.19.